The molecular formula is C28H36N4O2. The third-order valence-corrected chi connectivity index (χ3v) is 7.60. The quantitative estimate of drug-likeness (QED) is 0.655. The van der Waals surface area contributed by atoms with Gasteiger partial charge in [0, 0.05) is 44.0 Å². The van der Waals surface area contributed by atoms with Crippen LogP contribution >= 0.6 is 0 Å². The predicted molar refractivity (Wildman–Crippen MR) is 135 cm³/mol. The molecule has 6 nitrogen and oxygen atoms in total. The van der Waals surface area contributed by atoms with Gasteiger partial charge < -0.3 is 10.2 Å². The zero-order valence-electron chi connectivity index (χ0n) is 20.2. The average molecular weight is 461 g/mol. The number of para-hydroxylation sites is 1. The van der Waals surface area contributed by atoms with Crippen molar-refractivity contribution in [3.63, 3.8) is 0 Å². The summed E-state index contributed by atoms with van der Waals surface area (Å²) in [4.78, 5) is 32.5. The fourth-order valence-electron chi connectivity index (χ4n) is 5.53. The molecule has 0 spiro atoms. The van der Waals surface area contributed by atoms with Gasteiger partial charge in [-0.3, -0.25) is 19.4 Å². The van der Waals surface area contributed by atoms with Gasteiger partial charge in [-0.15, -0.1) is 0 Å². The van der Waals surface area contributed by atoms with Gasteiger partial charge in [0.05, 0.1) is 13.1 Å². The molecule has 2 aliphatic carbocycles. The number of benzene rings is 2. The number of piperazine rings is 1. The smallest absolute Gasteiger partial charge is 0.238 e. The van der Waals surface area contributed by atoms with Crippen LogP contribution in [0.3, 0.4) is 0 Å². The molecule has 180 valence electrons. The number of anilines is 1. The zero-order valence-corrected chi connectivity index (χ0v) is 20.2. The first kappa shape index (κ1) is 23.1. The molecule has 0 aromatic heterocycles. The lowest BCUT2D eigenvalue weighted by Crippen LogP contribution is -2.52. The summed E-state index contributed by atoms with van der Waals surface area (Å²) < 4.78 is 0. The molecule has 34 heavy (non-hydrogen) atoms. The highest BCUT2D eigenvalue weighted by atomic mass is 16.2. The maximum atomic E-state index is 13.2. The Morgan fingerprint density at radius 2 is 1.71 bits per heavy atom. The molecular weight excluding hydrogens is 424 g/mol. The van der Waals surface area contributed by atoms with Crippen molar-refractivity contribution in [2.75, 3.05) is 44.6 Å². The molecule has 1 unspecified atom stereocenters. The molecule has 1 aliphatic heterocycles. The van der Waals surface area contributed by atoms with Gasteiger partial charge >= 0.3 is 0 Å². The normalized spacial score (nSPS) is 20.4. The molecule has 1 saturated carbocycles. The SMILES string of the molecule is CCc1ccccc1NC(=O)CN1CCN(C(=O)CN(C2CC2)C2CCc3ccccc32)CC1. The van der Waals surface area contributed by atoms with Crippen LogP contribution < -0.4 is 5.32 Å². The number of carbonyl (C=O) groups excluding carboxylic acids is 2. The van der Waals surface area contributed by atoms with E-state index in [-0.39, 0.29) is 11.8 Å². The first-order valence-corrected chi connectivity index (χ1v) is 12.8. The number of hydrogen-bond acceptors (Lipinski definition) is 4. The van der Waals surface area contributed by atoms with E-state index in [1.807, 2.05) is 23.1 Å². The van der Waals surface area contributed by atoms with Crippen LogP contribution in [0.1, 0.15) is 48.9 Å². The maximum Gasteiger partial charge on any atom is 0.238 e. The Bertz CT molecular complexity index is 1030. The summed E-state index contributed by atoms with van der Waals surface area (Å²) >= 11 is 0. The van der Waals surface area contributed by atoms with E-state index in [0.717, 1.165) is 43.6 Å². The van der Waals surface area contributed by atoms with Crippen LogP contribution in [0.25, 0.3) is 0 Å². The van der Waals surface area contributed by atoms with E-state index in [4.69, 9.17) is 0 Å². The minimum Gasteiger partial charge on any atom is -0.339 e. The van der Waals surface area contributed by atoms with Crippen molar-refractivity contribution >= 4 is 17.5 Å². The second-order valence-corrected chi connectivity index (χ2v) is 9.87. The molecule has 2 fully saturated rings. The lowest BCUT2D eigenvalue weighted by Gasteiger charge is -2.36. The fourth-order valence-corrected chi connectivity index (χ4v) is 5.53. The molecule has 1 heterocycles. The van der Waals surface area contributed by atoms with Crippen LogP contribution in [-0.4, -0.2) is 71.8 Å². The van der Waals surface area contributed by atoms with E-state index in [2.05, 4.69) is 52.4 Å². The molecule has 2 aromatic carbocycles. The lowest BCUT2D eigenvalue weighted by molar-refractivity contribution is -0.135. The summed E-state index contributed by atoms with van der Waals surface area (Å²) in [5, 5.41) is 3.06. The van der Waals surface area contributed by atoms with E-state index in [1.165, 1.54) is 24.0 Å². The molecule has 1 atom stereocenters. The summed E-state index contributed by atoms with van der Waals surface area (Å²) in [6, 6.07) is 17.6. The molecule has 2 amide bonds. The molecule has 5 rings (SSSR count). The van der Waals surface area contributed by atoms with Gasteiger partial charge in [0.25, 0.3) is 0 Å². The molecule has 1 saturated heterocycles. The summed E-state index contributed by atoms with van der Waals surface area (Å²) in [6.45, 7) is 5.84. The number of amides is 2. The third kappa shape index (κ3) is 5.18. The van der Waals surface area contributed by atoms with Gasteiger partial charge in [0.2, 0.25) is 11.8 Å². The number of nitrogens with zero attached hydrogens (tertiary/aromatic N) is 3. The van der Waals surface area contributed by atoms with Crippen LogP contribution in [0.4, 0.5) is 5.69 Å². The molecule has 0 bridgehead atoms. The fraction of sp³-hybridized carbons (Fsp3) is 0.500. The number of nitrogens with one attached hydrogen (secondary N) is 1. The van der Waals surface area contributed by atoms with Crippen molar-refractivity contribution in [1.29, 1.82) is 0 Å². The van der Waals surface area contributed by atoms with Crippen LogP contribution in [0.5, 0.6) is 0 Å². The van der Waals surface area contributed by atoms with Crippen molar-refractivity contribution in [1.82, 2.24) is 14.7 Å². The number of fused-ring (bicyclic) bond motifs is 1. The Balaban J connectivity index is 1.12. The van der Waals surface area contributed by atoms with E-state index >= 15 is 0 Å². The molecule has 6 heteroatoms. The minimum atomic E-state index is 0.0143. The molecule has 3 aliphatic rings. The van der Waals surface area contributed by atoms with Crippen molar-refractivity contribution in [3.05, 3.63) is 65.2 Å². The van der Waals surface area contributed by atoms with Gasteiger partial charge in [-0.1, -0.05) is 49.4 Å². The Hall–Kier alpha value is -2.70. The van der Waals surface area contributed by atoms with Crippen LogP contribution in [0, 0.1) is 0 Å². The van der Waals surface area contributed by atoms with Gasteiger partial charge in [-0.2, -0.15) is 0 Å². The highest BCUT2D eigenvalue weighted by Gasteiger charge is 2.39. The van der Waals surface area contributed by atoms with Gasteiger partial charge in [-0.25, -0.2) is 0 Å². The number of carbonyl (C=O) groups is 2. The van der Waals surface area contributed by atoms with Crippen molar-refractivity contribution in [2.45, 2.75) is 51.1 Å². The van der Waals surface area contributed by atoms with Crippen LogP contribution in [0.2, 0.25) is 0 Å². The summed E-state index contributed by atoms with van der Waals surface area (Å²) in [5.74, 6) is 0.248. The van der Waals surface area contributed by atoms with Crippen molar-refractivity contribution in [3.8, 4) is 0 Å². The Morgan fingerprint density at radius 3 is 2.47 bits per heavy atom. The topological polar surface area (TPSA) is 55.9 Å². The Morgan fingerprint density at radius 1 is 0.971 bits per heavy atom. The van der Waals surface area contributed by atoms with E-state index < -0.39 is 0 Å². The highest BCUT2D eigenvalue weighted by Crippen LogP contribution is 2.41. The molecule has 1 N–H and O–H groups in total. The average Bonchev–Trinajstić information content (AvgIpc) is 3.62. The molecule has 0 radical (unpaired) electrons. The zero-order chi connectivity index (χ0) is 23.5. The van der Waals surface area contributed by atoms with Crippen LogP contribution in [-0.2, 0) is 22.4 Å². The second-order valence-electron chi connectivity index (χ2n) is 9.87. The number of hydrogen-bond donors (Lipinski definition) is 1. The Kier molecular flexibility index (Phi) is 6.97. The molecule has 2 aromatic rings. The number of rotatable bonds is 8. The monoisotopic (exact) mass is 460 g/mol. The van der Waals surface area contributed by atoms with Crippen molar-refractivity contribution < 1.29 is 9.59 Å². The lowest BCUT2D eigenvalue weighted by atomic mass is 10.1. The number of aryl methyl sites for hydroxylation is 2. The summed E-state index contributed by atoms with van der Waals surface area (Å²) in [6.07, 6.45) is 5.53. The van der Waals surface area contributed by atoms with E-state index in [1.54, 1.807) is 0 Å². The van der Waals surface area contributed by atoms with E-state index in [9.17, 15) is 9.59 Å². The van der Waals surface area contributed by atoms with Crippen molar-refractivity contribution in [2.24, 2.45) is 0 Å². The largest absolute Gasteiger partial charge is 0.339 e. The van der Waals surface area contributed by atoms with Crippen LogP contribution in [0.15, 0.2) is 48.5 Å². The summed E-state index contributed by atoms with van der Waals surface area (Å²) in [7, 11) is 0. The first-order chi connectivity index (χ1) is 16.6. The minimum absolute atomic E-state index is 0.0143. The Labute approximate surface area is 202 Å². The predicted octanol–water partition coefficient (Wildman–Crippen LogP) is 3.48. The standard InChI is InChI=1S/C28H36N4O2/c1-2-21-7-4-6-10-25(21)29-27(33)19-30-15-17-31(18-16-30)28(34)20-32(23-12-13-23)26-14-11-22-8-3-5-9-24(22)26/h3-10,23,26H,2,11-20H2,1H3,(H,29,33). The second kappa shape index (κ2) is 10.3. The summed E-state index contributed by atoms with van der Waals surface area (Å²) in [5.41, 5.74) is 4.91. The van der Waals surface area contributed by atoms with Gasteiger partial charge in [-0.05, 0) is 54.9 Å². The van der Waals surface area contributed by atoms with Gasteiger partial charge in [0.15, 0.2) is 0 Å². The van der Waals surface area contributed by atoms with Gasteiger partial charge in [0.1, 0.15) is 0 Å². The first-order valence-electron chi connectivity index (χ1n) is 12.8. The maximum absolute atomic E-state index is 13.2. The third-order valence-electron chi connectivity index (χ3n) is 7.60. The van der Waals surface area contributed by atoms with E-state index in [0.29, 0.717) is 38.3 Å². The highest BCUT2D eigenvalue weighted by molar-refractivity contribution is 5.93.